The van der Waals surface area contributed by atoms with Crippen LogP contribution in [0.25, 0.3) is 0 Å². The van der Waals surface area contributed by atoms with Gasteiger partial charge in [-0.2, -0.15) is 4.98 Å². The topological polar surface area (TPSA) is 38.2 Å². The Labute approximate surface area is 119 Å². The molecule has 0 bridgehead atoms. The molecule has 0 spiro atoms. The molecule has 1 aromatic heterocycles. The number of ether oxygens (including phenoxy) is 1. The Balaban J connectivity index is 1.51. The van der Waals surface area contributed by atoms with E-state index in [1.165, 1.54) is 45.2 Å². The van der Waals surface area contributed by atoms with Crippen molar-refractivity contribution in [2.45, 2.75) is 38.0 Å². The molecule has 0 amide bonds. The highest BCUT2D eigenvalue weighted by molar-refractivity contribution is 6.29. The molecule has 0 atom stereocenters. The molecule has 4 nitrogen and oxygen atoms in total. The van der Waals surface area contributed by atoms with E-state index >= 15 is 0 Å². The Hall–Kier alpha value is -0.870. The number of piperidine rings is 1. The fourth-order valence-electron chi connectivity index (χ4n) is 2.47. The number of nitrogens with zero attached hydrogens (tertiary/aromatic N) is 3. The number of rotatable bonds is 5. The number of halogens is 1. The van der Waals surface area contributed by atoms with Crippen LogP contribution in [0.4, 0.5) is 0 Å². The molecule has 1 aliphatic heterocycles. The molecule has 0 unspecified atom stereocenters. The minimum atomic E-state index is 0.491. The van der Waals surface area contributed by atoms with Gasteiger partial charge in [0.2, 0.25) is 5.88 Å². The van der Waals surface area contributed by atoms with Gasteiger partial charge in [0.25, 0.3) is 0 Å². The zero-order valence-corrected chi connectivity index (χ0v) is 11.9. The lowest BCUT2D eigenvalue weighted by atomic mass is 10.1. The number of aromatic nitrogens is 2. The Morgan fingerprint density at radius 1 is 1.21 bits per heavy atom. The van der Waals surface area contributed by atoms with E-state index in [9.17, 15) is 0 Å². The van der Waals surface area contributed by atoms with Crippen LogP contribution >= 0.6 is 11.6 Å². The third kappa shape index (κ3) is 3.80. The summed E-state index contributed by atoms with van der Waals surface area (Å²) in [6.07, 6.45) is 6.33. The summed E-state index contributed by atoms with van der Waals surface area (Å²) in [6.45, 7) is 4.04. The van der Waals surface area contributed by atoms with Gasteiger partial charge in [-0.05, 0) is 38.8 Å². The van der Waals surface area contributed by atoms with E-state index in [0.29, 0.717) is 23.6 Å². The fraction of sp³-hybridized carbons (Fsp3) is 0.714. The first kappa shape index (κ1) is 13.1. The summed E-state index contributed by atoms with van der Waals surface area (Å²) in [5.41, 5.74) is 0. The van der Waals surface area contributed by atoms with Crippen molar-refractivity contribution in [2.75, 3.05) is 26.2 Å². The molecule has 1 saturated carbocycles. The minimum absolute atomic E-state index is 0.491. The van der Waals surface area contributed by atoms with E-state index in [1.807, 2.05) is 0 Å². The average molecular weight is 282 g/mol. The largest absolute Gasteiger partial charge is 0.476 e. The van der Waals surface area contributed by atoms with Crippen molar-refractivity contribution in [2.24, 2.45) is 0 Å². The van der Waals surface area contributed by atoms with Crippen molar-refractivity contribution < 1.29 is 4.74 Å². The maximum atomic E-state index is 6.01. The van der Waals surface area contributed by atoms with Gasteiger partial charge in [-0.3, -0.25) is 4.90 Å². The molecular formula is C14H20ClN3O. The van der Waals surface area contributed by atoms with Crippen LogP contribution in [0.5, 0.6) is 5.88 Å². The summed E-state index contributed by atoms with van der Waals surface area (Å²) in [7, 11) is 0. The molecule has 1 aromatic rings. The van der Waals surface area contributed by atoms with Crippen LogP contribution in [0.3, 0.4) is 0 Å². The van der Waals surface area contributed by atoms with Gasteiger partial charge >= 0.3 is 0 Å². The van der Waals surface area contributed by atoms with Crippen molar-refractivity contribution in [3.05, 3.63) is 17.0 Å². The molecule has 0 aromatic carbocycles. The van der Waals surface area contributed by atoms with Crippen LogP contribution in [0.2, 0.25) is 5.15 Å². The van der Waals surface area contributed by atoms with Gasteiger partial charge in [0.1, 0.15) is 17.6 Å². The third-order valence-electron chi connectivity index (χ3n) is 3.74. The summed E-state index contributed by atoms with van der Waals surface area (Å²) in [5, 5.41) is 0.491. The highest BCUT2D eigenvalue weighted by Crippen LogP contribution is 2.38. The fourth-order valence-corrected chi connectivity index (χ4v) is 2.65. The van der Waals surface area contributed by atoms with Gasteiger partial charge in [0, 0.05) is 18.5 Å². The van der Waals surface area contributed by atoms with Gasteiger partial charge in [0.15, 0.2) is 0 Å². The molecule has 2 fully saturated rings. The predicted molar refractivity (Wildman–Crippen MR) is 74.8 cm³/mol. The van der Waals surface area contributed by atoms with Crippen LogP contribution in [0.1, 0.15) is 43.8 Å². The Kier molecular flexibility index (Phi) is 4.18. The second-order valence-electron chi connectivity index (χ2n) is 5.41. The van der Waals surface area contributed by atoms with E-state index in [1.54, 1.807) is 6.07 Å². The van der Waals surface area contributed by atoms with E-state index in [-0.39, 0.29) is 0 Å². The highest BCUT2D eigenvalue weighted by Gasteiger charge is 2.27. The zero-order valence-electron chi connectivity index (χ0n) is 11.1. The van der Waals surface area contributed by atoms with Crippen LogP contribution < -0.4 is 4.74 Å². The third-order valence-corrected chi connectivity index (χ3v) is 3.93. The lowest BCUT2D eigenvalue weighted by molar-refractivity contribution is 0.180. The van der Waals surface area contributed by atoms with E-state index in [4.69, 9.17) is 16.3 Å². The van der Waals surface area contributed by atoms with Crippen LogP contribution in [0, 0.1) is 0 Å². The molecular weight excluding hydrogens is 262 g/mol. The molecule has 0 radical (unpaired) electrons. The van der Waals surface area contributed by atoms with E-state index in [2.05, 4.69) is 14.9 Å². The van der Waals surface area contributed by atoms with Gasteiger partial charge in [-0.15, -0.1) is 0 Å². The first-order valence-corrected chi connectivity index (χ1v) is 7.59. The van der Waals surface area contributed by atoms with E-state index in [0.717, 1.165) is 12.4 Å². The van der Waals surface area contributed by atoms with Crippen molar-refractivity contribution in [3.8, 4) is 5.88 Å². The Morgan fingerprint density at radius 3 is 2.74 bits per heavy atom. The van der Waals surface area contributed by atoms with Crippen molar-refractivity contribution in [1.29, 1.82) is 0 Å². The first-order valence-electron chi connectivity index (χ1n) is 7.21. The molecule has 3 rings (SSSR count). The van der Waals surface area contributed by atoms with Crippen molar-refractivity contribution >= 4 is 11.6 Å². The number of likely N-dealkylation sites (tertiary alicyclic amines) is 1. The maximum absolute atomic E-state index is 6.01. The van der Waals surface area contributed by atoms with Gasteiger partial charge in [-0.25, -0.2) is 4.98 Å². The van der Waals surface area contributed by atoms with Gasteiger partial charge in [-0.1, -0.05) is 18.0 Å². The smallest absolute Gasteiger partial charge is 0.218 e. The molecule has 104 valence electrons. The second kappa shape index (κ2) is 6.06. The predicted octanol–water partition coefficient (Wildman–Crippen LogP) is 2.87. The SMILES string of the molecule is Clc1cc(OCCN2CCCCC2)nc(C2CC2)n1. The maximum Gasteiger partial charge on any atom is 0.218 e. The summed E-state index contributed by atoms with van der Waals surface area (Å²) < 4.78 is 5.73. The van der Waals surface area contributed by atoms with Gasteiger partial charge in [0.05, 0.1) is 0 Å². The van der Waals surface area contributed by atoms with Crippen molar-refractivity contribution in [3.63, 3.8) is 0 Å². The molecule has 19 heavy (non-hydrogen) atoms. The van der Waals surface area contributed by atoms with Crippen LogP contribution in [0.15, 0.2) is 6.07 Å². The molecule has 2 aliphatic rings. The molecule has 2 heterocycles. The van der Waals surface area contributed by atoms with Crippen molar-refractivity contribution in [1.82, 2.24) is 14.9 Å². The lowest BCUT2D eigenvalue weighted by Crippen LogP contribution is -2.33. The molecule has 1 saturated heterocycles. The molecule has 0 N–H and O–H groups in total. The quantitative estimate of drug-likeness (QED) is 0.778. The highest BCUT2D eigenvalue weighted by atomic mass is 35.5. The van der Waals surface area contributed by atoms with Gasteiger partial charge < -0.3 is 4.74 Å². The number of hydrogen-bond donors (Lipinski definition) is 0. The summed E-state index contributed by atoms with van der Waals surface area (Å²) in [6, 6.07) is 1.71. The van der Waals surface area contributed by atoms with Crippen LogP contribution in [-0.4, -0.2) is 41.1 Å². The average Bonchev–Trinajstić information content (AvgIpc) is 3.24. The standard InChI is InChI=1S/C14H20ClN3O/c15-12-10-13(17-14(16-12)11-4-5-11)19-9-8-18-6-2-1-3-7-18/h10-11H,1-9H2. The Morgan fingerprint density at radius 2 is 2.00 bits per heavy atom. The van der Waals surface area contributed by atoms with E-state index < -0.39 is 0 Å². The Bertz CT molecular complexity index is 431. The molecule has 1 aliphatic carbocycles. The summed E-state index contributed by atoms with van der Waals surface area (Å²) in [4.78, 5) is 11.2. The summed E-state index contributed by atoms with van der Waals surface area (Å²) >= 11 is 6.01. The first-order chi connectivity index (χ1) is 9.31. The van der Waals surface area contributed by atoms with Crippen LogP contribution in [-0.2, 0) is 0 Å². The normalized spacial score (nSPS) is 20.5. The monoisotopic (exact) mass is 281 g/mol. The lowest BCUT2D eigenvalue weighted by Gasteiger charge is -2.26. The second-order valence-corrected chi connectivity index (χ2v) is 5.80. The number of hydrogen-bond acceptors (Lipinski definition) is 4. The zero-order chi connectivity index (χ0) is 13.1. The molecule has 5 heteroatoms. The summed E-state index contributed by atoms with van der Waals surface area (Å²) in [5.74, 6) is 1.97. The minimum Gasteiger partial charge on any atom is -0.476 e.